The number of esters is 3. The Kier molecular flexibility index (Phi) is 34.3. The highest BCUT2D eigenvalue weighted by Crippen LogP contribution is 2.37. The first kappa shape index (κ1) is 75.7. The zero-order valence-electron chi connectivity index (χ0n) is 47.7. The maximum atomic E-state index is 11.7. The van der Waals surface area contributed by atoms with Gasteiger partial charge in [0.2, 0.25) is 5.91 Å². The number of nitrogens with zero attached hydrogens (tertiary/aromatic N) is 1. The number of carbonyl (C=O) groups is 4. The van der Waals surface area contributed by atoms with E-state index in [9.17, 15) is 27.6 Å². The molecule has 4 rings (SSSR count). The van der Waals surface area contributed by atoms with E-state index in [-0.39, 0.29) is 90.4 Å². The van der Waals surface area contributed by atoms with Crippen LogP contribution in [-0.4, -0.2) is 124 Å². The maximum absolute atomic E-state index is 11.7. The van der Waals surface area contributed by atoms with Gasteiger partial charge >= 0.3 is 17.9 Å². The van der Waals surface area contributed by atoms with E-state index in [0.29, 0.717) is 24.5 Å². The van der Waals surface area contributed by atoms with Gasteiger partial charge in [0.15, 0.2) is 12.6 Å². The number of hydrogen-bond donors (Lipinski definition) is 4. The van der Waals surface area contributed by atoms with Crippen LogP contribution in [0.25, 0.3) is 0 Å². The van der Waals surface area contributed by atoms with Gasteiger partial charge in [-0.25, -0.2) is 4.79 Å². The highest BCUT2D eigenvalue weighted by Gasteiger charge is 2.30. The first-order valence-corrected chi connectivity index (χ1v) is 27.0. The number of quaternary nitrogens is 1. The lowest BCUT2D eigenvalue weighted by Gasteiger charge is -2.30. The summed E-state index contributed by atoms with van der Waals surface area (Å²) in [7, 11) is -3.28. The molecule has 1 aliphatic heterocycles. The lowest BCUT2D eigenvalue weighted by Crippen LogP contribution is -3.00. The minimum Gasteiger partial charge on any atom is -1.00 e. The van der Waals surface area contributed by atoms with Crippen molar-refractivity contribution >= 4 is 57.1 Å². The minimum atomic E-state index is -3.28. The van der Waals surface area contributed by atoms with Crippen LogP contribution in [0.3, 0.4) is 0 Å². The molecule has 10 N–H and O–H groups in total. The molecular formula is C55H90Cl3N5O12S. The molecule has 0 saturated carbocycles. The van der Waals surface area contributed by atoms with Crippen molar-refractivity contribution in [3.05, 3.63) is 108 Å². The summed E-state index contributed by atoms with van der Waals surface area (Å²) in [4.78, 5) is 47.5. The van der Waals surface area contributed by atoms with E-state index in [2.05, 4.69) is 112 Å². The van der Waals surface area contributed by atoms with Crippen molar-refractivity contribution < 1.29 is 73.6 Å². The summed E-state index contributed by atoms with van der Waals surface area (Å²) >= 11 is 11.0. The number of amides is 1. The van der Waals surface area contributed by atoms with Crippen molar-refractivity contribution in [1.29, 1.82) is 0 Å². The molecule has 0 aromatic heterocycles. The topological polar surface area (TPSA) is 270 Å². The lowest BCUT2D eigenvalue weighted by molar-refractivity contribution is -0.359. The highest BCUT2D eigenvalue weighted by molar-refractivity contribution is 7.86. The average molecular weight is 1150 g/mol. The molecule has 1 aliphatic rings. The van der Waals surface area contributed by atoms with Crippen molar-refractivity contribution in [2.24, 2.45) is 5.92 Å². The summed E-state index contributed by atoms with van der Waals surface area (Å²) in [5.74, 6) is -0.929. The summed E-state index contributed by atoms with van der Waals surface area (Å²) in [6, 6.07) is 24.5. The number of alkyl halides is 2. The predicted octanol–water partition coefficient (Wildman–Crippen LogP) is 5.73. The normalized spacial score (nSPS) is 13.1. The first-order chi connectivity index (χ1) is 33.6. The van der Waals surface area contributed by atoms with E-state index in [1.165, 1.54) is 24.7 Å². The average Bonchev–Trinajstić information content (AvgIpc) is 4.17. The Morgan fingerprint density at radius 3 is 1.32 bits per heavy atom. The van der Waals surface area contributed by atoms with E-state index in [1.54, 1.807) is 20.8 Å². The Morgan fingerprint density at radius 2 is 1.04 bits per heavy atom. The highest BCUT2D eigenvalue weighted by atomic mass is 35.5. The van der Waals surface area contributed by atoms with Gasteiger partial charge in [0.1, 0.15) is 36.5 Å². The minimum absolute atomic E-state index is 0. The van der Waals surface area contributed by atoms with E-state index in [1.807, 2.05) is 64.1 Å². The molecule has 76 heavy (non-hydrogen) atoms. The molecular weight excluding hydrogens is 1060 g/mol. The zero-order chi connectivity index (χ0) is 56.0. The van der Waals surface area contributed by atoms with Crippen molar-refractivity contribution in [3.63, 3.8) is 0 Å². The fraction of sp³-hybridized carbons (Fsp3) is 0.564. The second-order valence-electron chi connectivity index (χ2n) is 21.6. The van der Waals surface area contributed by atoms with Gasteiger partial charge in [-0.2, -0.15) is 8.42 Å². The summed E-state index contributed by atoms with van der Waals surface area (Å²) in [6.07, 6.45) is 1.48. The molecule has 21 heteroatoms. The van der Waals surface area contributed by atoms with Crippen molar-refractivity contribution in [3.8, 4) is 11.5 Å². The molecule has 0 spiro atoms. The second kappa shape index (κ2) is 34.4. The SMILES string of the molecule is C=CC(=O)NC(C)(C)C.CC(C)(C)N1CC1.CC(C)(C)OS(C)(=O)=O.CC(COC(=O)C[NH3+])COc1ccc(C(C)(C)c2ccc(C(C)(C)c3ccc(OCC(COC(=O)CCl)OC(=O)CCl)cc3)cc2)cc1.N.N.[Cl-]. The lowest BCUT2D eigenvalue weighted by atomic mass is 9.74. The number of ether oxygens (including phenoxy) is 5. The van der Waals surface area contributed by atoms with Gasteiger partial charge in [-0.15, -0.1) is 23.2 Å². The zero-order valence-corrected chi connectivity index (χ0v) is 50.8. The maximum Gasteiger partial charge on any atom is 0.361 e. The van der Waals surface area contributed by atoms with Crippen LogP contribution in [0, 0.1) is 5.92 Å². The van der Waals surface area contributed by atoms with Gasteiger partial charge in [0, 0.05) is 40.9 Å². The van der Waals surface area contributed by atoms with Crippen LogP contribution in [0.4, 0.5) is 0 Å². The van der Waals surface area contributed by atoms with Crippen LogP contribution >= 0.6 is 23.2 Å². The van der Waals surface area contributed by atoms with Crippen molar-refractivity contribution in [2.45, 2.75) is 131 Å². The van der Waals surface area contributed by atoms with Crippen LogP contribution in [0.15, 0.2) is 85.5 Å². The van der Waals surface area contributed by atoms with E-state index >= 15 is 0 Å². The summed E-state index contributed by atoms with van der Waals surface area (Å²) in [5, 5.41) is 2.71. The second-order valence-corrected chi connectivity index (χ2v) is 23.7. The first-order valence-electron chi connectivity index (χ1n) is 24.2. The number of rotatable bonds is 20. The molecule has 434 valence electrons. The third-order valence-corrected chi connectivity index (χ3v) is 11.9. The van der Waals surface area contributed by atoms with Crippen LogP contribution in [0.2, 0.25) is 0 Å². The van der Waals surface area contributed by atoms with Gasteiger partial charge in [0.25, 0.3) is 10.1 Å². The molecule has 17 nitrogen and oxygen atoms in total. The molecule has 1 heterocycles. The molecule has 2 atom stereocenters. The van der Waals surface area contributed by atoms with Crippen LogP contribution < -0.4 is 45.2 Å². The van der Waals surface area contributed by atoms with Crippen molar-refractivity contribution in [2.75, 3.05) is 64.1 Å². The number of carbonyl (C=O) groups excluding carboxylic acids is 4. The molecule has 1 saturated heterocycles. The molecule has 3 aromatic carbocycles. The quantitative estimate of drug-likeness (QED) is 0.0263. The van der Waals surface area contributed by atoms with Gasteiger partial charge in [0.05, 0.1) is 25.1 Å². The summed E-state index contributed by atoms with van der Waals surface area (Å²) in [5.41, 5.74) is 7.27. The van der Waals surface area contributed by atoms with Gasteiger partial charge in [-0.05, 0) is 115 Å². The van der Waals surface area contributed by atoms with Gasteiger partial charge < -0.3 is 59.4 Å². The Balaban J connectivity index is -0.00000155. The number of hydrogen-bond acceptors (Lipinski definition) is 15. The fourth-order valence-electron chi connectivity index (χ4n) is 6.51. The smallest absolute Gasteiger partial charge is 0.361 e. The molecule has 0 bridgehead atoms. The summed E-state index contributed by atoms with van der Waals surface area (Å²) in [6.45, 7) is 34.9. The monoisotopic (exact) mass is 1150 g/mol. The number of benzene rings is 3. The van der Waals surface area contributed by atoms with E-state index in [4.69, 9.17) is 46.9 Å². The molecule has 0 aliphatic carbocycles. The Bertz CT molecular complexity index is 2300. The Labute approximate surface area is 470 Å². The Hall–Kier alpha value is -4.50. The third-order valence-electron chi connectivity index (χ3n) is 10.6. The van der Waals surface area contributed by atoms with Crippen molar-refractivity contribution in [1.82, 2.24) is 22.5 Å². The molecule has 1 amide bonds. The third kappa shape index (κ3) is 31.7. The van der Waals surface area contributed by atoms with E-state index < -0.39 is 33.8 Å². The van der Waals surface area contributed by atoms with Crippen LogP contribution in [-0.2, 0) is 58.5 Å². The molecule has 0 radical (unpaired) electrons. The largest absolute Gasteiger partial charge is 1.00 e. The molecule has 1 fully saturated rings. The van der Waals surface area contributed by atoms with Crippen LogP contribution in [0.1, 0.15) is 119 Å². The standard InChI is InChI=1S/C37H45Cl2NO8.C7H13NO.C6H13N.C5H12O3S.ClH.2H3N/c1-25(22-46-35(43)20-40)21-44-30-14-10-28(11-15-30)36(2,3)26-6-8-27(9-7-26)37(4,5)29-12-16-31(17-13-29)45-23-32(48-34(42)19-39)24-47-33(41)18-38;1-5-6(9)8-7(2,3)4;1-6(2,3)7-4-5-7;1-5(2,3)8-9(4,6)7;;;/h6-17,25,32H,18-24,40H2,1-5H3;5H,1H2,2-4H3,(H,8,9);4-5H2,1-3H3;1-4H3;1H;2*1H3. The predicted molar refractivity (Wildman–Crippen MR) is 300 cm³/mol. The molecule has 3 aromatic rings. The molecule has 2 unspecified atom stereocenters. The van der Waals surface area contributed by atoms with Crippen LogP contribution in [0.5, 0.6) is 11.5 Å². The number of halogens is 3. The van der Waals surface area contributed by atoms with E-state index in [0.717, 1.165) is 28.7 Å². The van der Waals surface area contributed by atoms with Gasteiger partial charge in [-0.3, -0.25) is 23.5 Å². The van der Waals surface area contributed by atoms with Gasteiger partial charge in [-0.1, -0.05) is 89.7 Å². The number of nitrogens with one attached hydrogen (secondary N) is 1. The summed E-state index contributed by atoms with van der Waals surface area (Å²) < 4.78 is 52.6. The fourth-order valence-corrected chi connectivity index (χ4v) is 7.56. The Morgan fingerprint density at radius 1 is 0.658 bits per heavy atom.